The van der Waals surface area contributed by atoms with Crippen LogP contribution in [0.15, 0.2) is 28.9 Å². The second-order valence-corrected chi connectivity index (χ2v) is 3.71. The van der Waals surface area contributed by atoms with Crippen molar-refractivity contribution in [3.8, 4) is 0 Å². The van der Waals surface area contributed by atoms with Crippen molar-refractivity contribution in [3.05, 3.63) is 41.4 Å². The van der Waals surface area contributed by atoms with Gasteiger partial charge in [0, 0.05) is 12.3 Å². The molecule has 2 rings (SSSR count). The number of alkyl halides is 3. The van der Waals surface area contributed by atoms with E-state index in [-0.39, 0.29) is 11.4 Å². The molecule has 0 saturated heterocycles. The van der Waals surface area contributed by atoms with Crippen LogP contribution in [0.3, 0.4) is 0 Å². The van der Waals surface area contributed by atoms with Crippen molar-refractivity contribution in [3.63, 3.8) is 0 Å². The van der Waals surface area contributed by atoms with Gasteiger partial charge in [0.15, 0.2) is 5.82 Å². The molecule has 0 saturated carbocycles. The fraction of sp³-hybridized carbons (Fsp3) is 0.182. The van der Waals surface area contributed by atoms with Gasteiger partial charge in [-0.15, -0.1) is 0 Å². The average molecular weight is 271 g/mol. The van der Waals surface area contributed by atoms with E-state index in [2.05, 4.69) is 15.5 Å². The van der Waals surface area contributed by atoms with Gasteiger partial charge in [-0.1, -0.05) is 5.16 Å². The molecule has 0 fully saturated rings. The molecule has 19 heavy (non-hydrogen) atoms. The minimum Gasteiger partial charge on any atom is -0.360 e. The molecule has 5 nitrogen and oxygen atoms in total. The predicted octanol–water partition coefficient (Wildman–Crippen LogP) is 2.65. The normalized spacial score (nSPS) is 11.4. The highest BCUT2D eigenvalue weighted by atomic mass is 19.4. The van der Waals surface area contributed by atoms with E-state index < -0.39 is 17.8 Å². The van der Waals surface area contributed by atoms with Crippen LogP contribution < -0.4 is 5.32 Å². The standard InChI is InChI=1S/C11H8F3N3O2/c1-6-4-9(17-19-6)16-10(18)7-2-3-8(15-5-7)11(12,13)14/h2-5H,1H3,(H,16,17,18). The third-order valence-corrected chi connectivity index (χ3v) is 2.19. The summed E-state index contributed by atoms with van der Waals surface area (Å²) in [6.07, 6.45) is -3.68. The lowest BCUT2D eigenvalue weighted by Crippen LogP contribution is -2.14. The molecule has 1 amide bonds. The van der Waals surface area contributed by atoms with Gasteiger partial charge in [-0.3, -0.25) is 9.78 Å². The van der Waals surface area contributed by atoms with Crippen LogP contribution in [-0.2, 0) is 6.18 Å². The number of hydrogen-bond donors (Lipinski definition) is 1. The van der Waals surface area contributed by atoms with E-state index in [9.17, 15) is 18.0 Å². The van der Waals surface area contributed by atoms with Crippen LogP contribution in [0.4, 0.5) is 19.0 Å². The number of amides is 1. The van der Waals surface area contributed by atoms with Gasteiger partial charge in [0.25, 0.3) is 5.91 Å². The molecule has 8 heteroatoms. The number of anilines is 1. The Morgan fingerprint density at radius 2 is 2.11 bits per heavy atom. The van der Waals surface area contributed by atoms with Crippen molar-refractivity contribution in [1.29, 1.82) is 0 Å². The van der Waals surface area contributed by atoms with E-state index in [1.54, 1.807) is 6.92 Å². The molecule has 0 radical (unpaired) electrons. The Labute approximate surface area is 105 Å². The molecular formula is C11H8F3N3O2. The topological polar surface area (TPSA) is 68.0 Å². The molecule has 0 spiro atoms. The maximum Gasteiger partial charge on any atom is 0.433 e. The van der Waals surface area contributed by atoms with Crippen LogP contribution in [0.5, 0.6) is 0 Å². The van der Waals surface area contributed by atoms with Gasteiger partial charge >= 0.3 is 6.18 Å². The van der Waals surface area contributed by atoms with Crippen molar-refractivity contribution < 1.29 is 22.5 Å². The molecule has 2 aromatic heterocycles. The number of carbonyl (C=O) groups excluding carboxylic acids is 1. The highest BCUT2D eigenvalue weighted by molar-refractivity contribution is 6.03. The van der Waals surface area contributed by atoms with Gasteiger partial charge in [-0.05, 0) is 19.1 Å². The zero-order chi connectivity index (χ0) is 14.0. The van der Waals surface area contributed by atoms with E-state index in [1.807, 2.05) is 0 Å². The molecular weight excluding hydrogens is 263 g/mol. The first-order valence-corrected chi connectivity index (χ1v) is 5.14. The van der Waals surface area contributed by atoms with Crippen molar-refractivity contribution in [2.75, 3.05) is 5.32 Å². The van der Waals surface area contributed by atoms with Gasteiger partial charge < -0.3 is 9.84 Å². The minimum absolute atomic E-state index is 0.00588. The summed E-state index contributed by atoms with van der Waals surface area (Å²) in [6.45, 7) is 1.64. The third-order valence-electron chi connectivity index (χ3n) is 2.19. The number of carbonyl (C=O) groups is 1. The van der Waals surface area contributed by atoms with Gasteiger partial charge in [-0.2, -0.15) is 13.2 Å². The number of rotatable bonds is 2. The summed E-state index contributed by atoms with van der Waals surface area (Å²) in [5, 5.41) is 5.90. The first-order valence-electron chi connectivity index (χ1n) is 5.14. The lowest BCUT2D eigenvalue weighted by atomic mass is 10.2. The van der Waals surface area contributed by atoms with Crippen LogP contribution >= 0.6 is 0 Å². The third kappa shape index (κ3) is 3.09. The summed E-state index contributed by atoms with van der Waals surface area (Å²) in [7, 11) is 0. The van der Waals surface area contributed by atoms with E-state index >= 15 is 0 Å². The van der Waals surface area contributed by atoms with Crippen LogP contribution in [0, 0.1) is 6.92 Å². The zero-order valence-corrected chi connectivity index (χ0v) is 9.65. The zero-order valence-electron chi connectivity index (χ0n) is 9.65. The summed E-state index contributed by atoms with van der Waals surface area (Å²) in [6, 6.07) is 3.26. The van der Waals surface area contributed by atoms with Crippen molar-refractivity contribution >= 4 is 11.7 Å². The first-order chi connectivity index (χ1) is 8.86. The van der Waals surface area contributed by atoms with Crippen molar-refractivity contribution in [2.45, 2.75) is 13.1 Å². The number of aromatic nitrogens is 2. The summed E-state index contributed by atoms with van der Waals surface area (Å²) in [5.41, 5.74) is -1.06. The second kappa shape index (κ2) is 4.71. The van der Waals surface area contributed by atoms with Gasteiger partial charge in [0.05, 0.1) is 5.56 Å². The SMILES string of the molecule is Cc1cc(NC(=O)c2ccc(C(F)(F)F)nc2)no1. The molecule has 0 bridgehead atoms. The molecule has 0 aliphatic carbocycles. The maximum atomic E-state index is 12.3. The van der Waals surface area contributed by atoms with Gasteiger partial charge in [-0.25, -0.2) is 0 Å². The molecule has 1 N–H and O–H groups in total. The molecule has 100 valence electrons. The predicted molar refractivity (Wildman–Crippen MR) is 58.4 cm³/mol. The number of aryl methyl sites for hydroxylation is 1. The van der Waals surface area contributed by atoms with E-state index in [0.29, 0.717) is 5.76 Å². The Balaban J connectivity index is 2.12. The quantitative estimate of drug-likeness (QED) is 0.911. The van der Waals surface area contributed by atoms with Crippen molar-refractivity contribution in [2.24, 2.45) is 0 Å². The van der Waals surface area contributed by atoms with Crippen LogP contribution in [0.2, 0.25) is 0 Å². The minimum atomic E-state index is -4.53. The number of pyridine rings is 1. The fourth-order valence-corrected chi connectivity index (χ4v) is 1.31. The van der Waals surface area contributed by atoms with E-state index in [0.717, 1.165) is 18.3 Å². The molecule has 2 aromatic rings. The van der Waals surface area contributed by atoms with Gasteiger partial charge in [0.2, 0.25) is 0 Å². The lowest BCUT2D eigenvalue weighted by molar-refractivity contribution is -0.141. The summed E-state index contributed by atoms with van der Waals surface area (Å²) in [5.74, 6) is 0.0674. The number of nitrogens with one attached hydrogen (secondary N) is 1. The average Bonchev–Trinajstić information content (AvgIpc) is 2.74. The Morgan fingerprint density at radius 3 is 2.58 bits per heavy atom. The summed E-state index contributed by atoms with van der Waals surface area (Å²) >= 11 is 0. The summed E-state index contributed by atoms with van der Waals surface area (Å²) < 4.78 is 41.6. The Bertz CT molecular complexity index is 590. The molecule has 0 atom stereocenters. The number of hydrogen-bond acceptors (Lipinski definition) is 4. The fourth-order valence-electron chi connectivity index (χ4n) is 1.31. The number of halogens is 3. The van der Waals surface area contributed by atoms with Crippen LogP contribution in [-0.4, -0.2) is 16.0 Å². The Kier molecular flexibility index (Phi) is 3.24. The lowest BCUT2D eigenvalue weighted by Gasteiger charge is -2.06. The van der Waals surface area contributed by atoms with Crippen LogP contribution in [0.25, 0.3) is 0 Å². The largest absolute Gasteiger partial charge is 0.433 e. The van der Waals surface area contributed by atoms with Gasteiger partial charge in [0.1, 0.15) is 11.5 Å². The van der Waals surface area contributed by atoms with Crippen molar-refractivity contribution in [1.82, 2.24) is 10.1 Å². The Hall–Kier alpha value is -2.38. The van der Waals surface area contributed by atoms with Crippen LogP contribution in [0.1, 0.15) is 21.8 Å². The molecule has 0 aliphatic heterocycles. The maximum absolute atomic E-state index is 12.3. The smallest absolute Gasteiger partial charge is 0.360 e. The Morgan fingerprint density at radius 1 is 1.37 bits per heavy atom. The highest BCUT2D eigenvalue weighted by Gasteiger charge is 2.32. The first kappa shape index (κ1) is 13.1. The molecule has 0 aromatic carbocycles. The van der Waals surface area contributed by atoms with E-state index in [1.165, 1.54) is 6.07 Å². The molecule has 0 aliphatic rings. The summed E-state index contributed by atoms with van der Waals surface area (Å²) in [4.78, 5) is 14.9. The second-order valence-electron chi connectivity index (χ2n) is 3.71. The highest BCUT2D eigenvalue weighted by Crippen LogP contribution is 2.27. The number of nitrogens with zero attached hydrogens (tertiary/aromatic N) is 2. The monoisotopic (exact) mass is 271 g/mol. The molecule has 0 unspecified atom stereocenters. The molecule has 2 heterocycles. The van der Waals surface area contributed by atoms with E-state index in [4.69, 9.17) is 4.52 Å².